The van der Waals surface area contributed by atoms with Gasteiger partial charge < -0.3 is 4.74 Å². The van der Waals surface area contributed by atoms with Crippen molar-refractivity contribution in [3.63, 3.8) is 0 Å². The molecule has 13 heavy (non-hydrogen) atoms. The van der Waals surface area contributed by atoms with Gasteiger partial charge in [0.15, 0.2) is 6.29 Å². The van der Waals surface area contributed by atoms with Crippen LogP contribution >= 0.6 is 11.6 Å². The number of halogens is 2. The summed E-state index contributed by atoms with van der Waals surface area (Å²) < 4.78 is 17.9. The summed E-state index contributed by atoms with van der Waals surface area (Å²) in [5.74, 6) is -0.309. The Morgan fingerprint density at radius 2 is 2.31 bits per heavy atom. The fourth-order valence-electron chi connectivity index (χ4n) is 0.917. The third kappa shape index (κ3) is 2.18. The van der Waals surface area contributed by atoms with Gasteiger partial charge in [-0.05, 0) is 13.0 Å². The summed E-state index contributed by atoms with van der Waals surface area (Å²) in [6.07, 6.45) is 0.532. The van der Waals surface area contributed by atoms with E-state index in [1.807, 2.05) is 0 Å². The maximum Gasteiger partial charge on any atom is 0.153 e. The van der Waals surface area contributed by atoms with E-state index in [-0.39, 0.29) is 10.6 Å². The van der Waals surface area contributed by atoms with E-state index in [9.17, 15) is 9.18 Å². The van der Waals surface area contributed by atoms with E-state index in [4.69, 9.17) is 16.3 Å². The van der Waals surface area contributed by atoms with Crippen LogP contribution in [0.1, 0.15) is 17.3 Å². The van der Waals surface area contributed by atoms with E-state index in [1.165, 1.54) is 6.07 Å². The summed E-state index contributed by atoms with van der Waals surface area (Å²) in [6, 6.07) is 2.35. The number of ether oxygens (including phenoxy) is 1. The molecule has 2 nitrogen and oxygen atoms in total. The van der Waals surface area contributed by atoms with Gasteiger partial charge in [0.1, 0.15) is 11.6 Å². The van der Waals surface area contributed by atoms with Gasteiger partial charge in [0, 0.05) is 6.07 Å². The number of carbonyl (C=O) groups is 1. The Bertz CT molecular complexity index is 326. The molecule has 1 aromatic rings. The van der Waals surface area contributed by atoms with E-state index in [0.29, 0.717) is 18.6 Å². The Labute approximate surface area is 80.3 Å². The molecule has 0 aliphatic carbocycles. The summed E-state index contributed by atoms with van der Waals surface area (Å²) >= 11 is 5.51. The fraction of sp³-hybridized carbons (Fsp3) is 0.222. The second kappa shape index (κ2) is 4.23. The lowest BCUT2D eigenvalue weighted by atomic mass is 10.2. The van der Waals surface area contributed by atoms with E-state index < -0.39 is 5.82 Å². The predicted octanol–water partition coefficient (Wildman–Crippen LogP) is 2.69. The molecule has 1 aromatic carbocycles. The average molecular weight is 203 g/mol. The predicted molar refractivity (Wildman–Crippen MR) is 48.0 cm³/mol. The maximum absolute atomic E-state index is 12.8. The van der Waals surface area contributed by atoms with Crippen molar-refractivity contribution >= 4 is 17.9 Å². The summed E-state index contributed by atoms with van der Waals surface area (Å²) in [5.41, 5.74) is 0.170. The zero-order valence-electron chi connectivity index (χ0n) is 7.01. The van der Waals surface area contributed by atoms with Crippen LogP contribution in [-0.2, 0) is 0 Å². The lowest BCUT2D eigenvalue weighted by Gasteiger charge is -2.06. The molecule has 0 saturated carbocycles. The molecule has 0 aromatic heterocycles. The van der Waals surface area contributed by atoms with Crippen molar-refractivity contribution in [2.24, 2.45) is 0 Å². The zero-order valence-corrected chi connectivity index (χ0v) is 7.77. The lowest BCUT2D eigenvalue weighted by molar-refractivity contribution is 0.111. The summed E-state index contributed by atoms with van der Waals surface area (Å²) in [5, 5.41) is -0.0472. The third-order valence-electron chi connectivity index (χ3n) is 1.48. The molecule has 0 radical (unpaired) electrons. The molecular formula is C9H8ClFO2. The quantitative estimate of drug-likeness (QED) is 0.705. The van der Waals surface area contributed by atoms with Crippen LogP contribution in [0.4, 0.5) is 4.39 Å². The number of hydrogen-bond donors (Lipinski definition) is 0. The van der Waals surface area contributed by atoms with Crippen molar-refractivity contribution in [1.29, 1.82) is 0 Å². The first-order valence-corrected chi connectivity index (χ1v) is 4.13. The molecule has 0 bridgehead atoms. The van der Waals surface area contributed by atoms with E-state index in [1.54, 1.807) is 6.92 Å². The minimum Gasteiger partial charge on any atom is -0.493 e. The van der Waals surface area contributed by atoms with Crippen LogP contribution in [0.3, 0.4) is 0 Å². The number of aldehydes is 1. The third-order valence-corrected chi connectivity index (χ3v) is 1.77. The molecule has 0 fully saturated rings. The molecule has 0 atom stereocenters. The Morgan fingerprint density at radius 3 is 2.85 bits per heavy atom. The van der Waals surface area contributed by atoms with E-state index >= 15 is 0 Å². The number of carbonyl (C=O) groups excluding carboxylic acids is 1. The Morgan fingerprint density at radius 1 is 1.62 bits per heavy atom. The van der Waals surface area contributed by atoms with Crippen LogP contribution in [-0.4, -0.2) is 12.9 Å². The summed E-state index contributed by atoms with van der Waals surface area (Å²) in [4.78, 5) is 10.5. The van der Waals surface area contributed by atoms with Gasteiger partial charge in [-0.2, -0.15) is 0 Å². The van der Waals surface area contributed by atoms with Crippen molar-refractivity contribution in [1.82, 2.24) is 0 Å². The van der Waals surface area contributed by atoms with Crippen molar-refractivity contribution in [2.75, 3.05) is 6.61 Å². The van der Waals surface area contributed by atoms with Gasteiger partial charge in [-0.25, -0.2) is 4.39 Å². The van der Waals surface area contributed by atoms with Gasteiger partial charge in [-0.3, -0.25) is 4.79 Å². The van der Waals surface area contributed by atoms with E-state index in [0.717, 1.165) is 6.07 Å². The minimum atomic E-state index is -0.618. The Kier molecular flexibility index (Phi) is 3.25. The number of benzene rings is 1. The molecule has 0 unspecified atom stereocenters. The van der Waals surface area contributed by atoms with E-state index in [2.05, 4.69) is 0 Å². The van der Waals surface area contributed by atoms with Gasteiger partial charge in [0.25, 0.3) is 0 Å². The largest absolute Gasteiger partial charge is 0.493 e. The van der Waals surface area contributed by atoms with Crippen molar-refractivity contribution in [3.8, 4) is 5.75 Å². The first-order chi connectivity index (χ1) is 6.19. The second-order valence-electron chi connectivity index (χ2n) is 2.36. The van der Waals surface area contributed by atoms with Crippen molar-refractivity contribution < 1.29 is 13.9 Å². The summed E-state index contributed by atoms with van der Waals surface area (Å²) in [6.45, 7) is 2.18. The average Bonchev–Trinajstić information content (AvgIpc) is 2.11. The maximum atomic E-state index is 12.8. The van der Waals surface area contributed by atoms with Crippen LogP contribution in [0, 0.1) is 5.82 Å². The Balaban J connectivity index is 3.16. The van der Waals surface area contributed by atoms with Crippen molar-refractivity contribution in [2.45, 2.75) is 6.92 Å². The molecule has 0 spiro atoms. The van der Waals surface area contributed by atoms with Gasteiger partial charge in [0.2, 0.25) is 0 Å². The molecule has 0 amide bonds. The molecule has 0 heterocycles. The molecule has 0 aliphatic heterocycles. The highest BCUT2D eigenvalue weighted by Gasteiger charge is 2.08. The molecular weight excluding hydrogens is 195 g/mol. The topological polar surface area (TPSA) is 26.3 Å². The normalized spacial score (nSPS) is 9.77. The minimum absolute atomic E-state index is 0.0472. The highest BCUT2D eigenvalue weighted by Crippen LogP contribution is 2.25. The smallest absolute Gasteiger partial charge is 0.153 e. The van der Waals surface area contributed by atoms with Crippen LogP contribution in [0.15, 0.2) is 12.1 Å². The first kappa shape index (κ1) is 9.99. The number of rotatable bonds is 3. The van der Waals surface area contributed by atoms with Gasteiger partial charge >= 0.3 is 0 Å². The SMILES string of the molecule is CCOc1cc(Cl)c(F)cc1C=O. The van der Waals surface area contributed by atoms with Crippen LogP contribution in [0.2, 0.25) is 5.02 Å². The highest BCUT2D eigenvalue weighted by atomic mass is 35.5. The molecule has 0 aliphatic rings. The molecule has 70 valence electrons. The van der Waals surface area contributed by atoms with Gasteiger partial charge in [-0.15, -0.1) is 0 Å². The van der Waals surface area contributed by atoms with Crippen molar-refractivity contribution in [3.05, 3.63) is 28.5 Å². The second-order valence-corrected chi connectivity index (χ2v) is 2.76. The first-order valence-electron chi connectivity index (χ1n) is 3.76. The standard InChI is InChI=1S/C9H8ClFO2/c1-2-13-9-4-7(10)8(11)3-6(9)5-12/h3-5H,2H2,1H3. The van der Waals surface area contributed by atoms with Gasteiger partial charge in [0.05, 0.1) is 17.2 Å². The molecule has 1 rings (SSSR count). The lowest BCUT2D eigenvalue weighted by Crippen LogP contribution is -1.97. The fourth-order valence-corrected chi connectivity index (χ4v) is 1.07. The summed E-state index contributed by atoms with van der Waals surface area (Å²) in [7, 11) is 0. The van der Waals surface area contributed by atoms with Crippen LogP contribution in [0.25, 0.3) is 0 Å². The molecule has 0 saturated heterocycles. The zero-order chi connectivity index (χ0) is 9.84. The molecule has 4 heteroatoms. The monoisotopic (exact) mass is 202 g/mol. The molecule has 0 N–H and O–H groups in total. The Hall–Kier alpha value is -1.09. The van der Waals surface area contributed by atoms with Crippen LogP contribution in [0.5, 0.6) is 5.75 Å². The number of hydrogen-bond acceptors (Lipinski definition) is 2. The van der Waals surface area contributed by atoms with Gasteiger partial charge in [-0.1, -0.05) is 11.6 Å². The van der Waals surface area contributed by atoms with Crippen LogP contribution < -0.4 is 4.74 Å². The highest BCUT2D eigenvalue weighted by molar-refractivity contribution is 6.31.